The van der Waals surface area contributed by atoms with Gasteiger partial charge in [-0.15, -0.1) is 12.4 Å². The van der Waals surface area contributed by atoms with Crippen LogP contribution in [-0.4, -0.2) is 35.1 Å². The lowest BCUT2D eigenvalue weighted by Crippen LogP contribution is -2.24. The average Bonchev–Trinajstić information content (AvgIpc) is 2.81. The van der Waals surface area contributed by atoms with Crippen LogP contribution in [0.3, 0.4) is 0 Å². The number of aromatic nitrogens is 2. The molecule has 0 aliphatic rings. The minimum atomic E-state index is -0.0892. The lowest BCUT2D eigenvalue weighted by molar-refractivity contribution is 0.384. The molecular formula is C17H20ClN3O2. The van der Waals surface area contributed by atoms with E-state index in [1.54, 1.807) is 4.57 Å². The first-order chi connectivity index (χ1) is 10.6. The van der Waals surface area contributed by atoms with Crippen LogP contribution in [0.1, 0.15) is 0 Å². The molecule has 3 aromatic rings. The first kappa shape index (κ1) is 17.1. The van der Waals surface area contributed by atoms with Gasteiger partial charge in [0.25, 0.3) is 0 Å². The van der Waals surface area contributed by atoms with Gasteiger partial charge in [-0.3, -0.25) is 4.57 Å². The maximum absolute atomic E-state index is 12.1. The smallest absolute Gasteiger partial charge is 0.326 e. The van der Waals surface area contributed by atoms with Crippen molar-refractivity contribution in [3.05, 3.63) is 59.0 Å². The van der Waals surface area contributed by atoms with E-state index < -0.39 is 0 Å². The first-order valence-corrected chi connectivity index (χ1v) is 7.24. The van der Waals surface area contributed by atoms with E-state index in [0.29, 0.717) is 6.54 Å². The van der Waals surface area contributed by atoms with Crippen LogP contribution in [0.5, 0.6) is 11.5 Å². The third-order valence-corrected chi connectivity index (χ3v) is 3.50. The number of imidazole rings is 1. The fraction of sp³-hybridized carbons (Fsp3) is 0.235. The Hall–Kier alpha value is -2.24. The first-order valence-electron chi connectivity index (χ1n) is 7.24. The highest BCUT2D eigenvalue weighted by atomic mass is 35.5. The van der Waals surface area contributed by atoms with Gasteiger partial charge in [0, 0.05) is 19.2 Å². The maximum Gasteiger partial charge on any atom is 0.326 e. The molecule has 0 unspecified atom stereocenters. The van der Waals surface area contributed by atoms with Crippen LogP contribution in [0.4, 0.5) is 0 Å². The van der Waals surface area contributed by atoms with Gasteiger partial charge in [-0.25, -0.2) is 4.79 Å². The predicted octanol–water partition coefficient (Wildman–Crippen LogP) is 3.11. The van der Waals surface area contributed by atoms with Crippen molar-refractivity contribution in [1.82, 2.24) is 14.5 Å². The van der Waals surface area contributed by atoms with Crippen molar-refractivity contribution in [2.75, 3.05) is 20.6 Å². The number of nitrogens with zero attached hydrogens (tertiary/aromatic N) is 2. The van der Waals surface area contributed by atoms with E-state index in [9.17, 15) is 4.79 Å². The standard InChI is InChI=1S/C17H19N3O2.ClH/c1-19(2)10-11-20-16-12-14(8-9-15(16)18-17(20)21)22-13-6-4-3-5-7-13;/h3-9,12H,10-11H2,1-2H3,(H,18,21);1H. The van der Waals surface area contributed by atoms with Crippen molar-refractivity contribution in [2.45, 2.75) is 6.54 Å². The van der Waals surface area contributed by atoms with E-state index in [1.165, 1.54) is 0 Å². The van der Waals surface area contributed by atoms with E-state index in [2.05, 4.69) is 9.88 Å². The highest BCUT2D eigenvalue weighted by Crippen LogP contribution is 2.24. The Bertz CT molecular complexity index is 825. The number of para-hydroxylation sites is 1. The number of rotatable bonds is 5. The summed E-state index contributed by atoms with van der Waals surface area (Å²) in [7, 11) is 3.98. The Balaban J connectivity index is 0.00000192. The normalized spacial score (nSPS) is 10.7. The number of fused-ring (bicyclic) bond motifs is 1. The largest absolute Gasteiger partial charge is 0.457 e. The summed E-state index contributed by atoms with van der Waals surface area (Å²) in [5, 5.41) is 0. The van der Waals surface area contributed by atoms with Crippen molar-refractivity contribution in [1.29, 1.82) is 0 Å². The van der Waals surface area contributed by atoms with Gasteiger partial charge in [-0.05, 0) is 38.4 Å². The van der Waals surface area contributed by atoms with Crippen LogP contribution in [0, 0.1) is 0 Å². The molecule has 0 amide bonds. The topological polar surface area (TPSA) is 50.3 Å². The van der Waals surface area contributed by atoms with E-state index in [0.717, 1.165) is 29.1 Å². The second-order valence-corrected chi connectivity index (χ2v) is 5.48. The van der Waals surface area contributed by atoms with Gasteiger partial charge in [0.2, 0.25) is 0 Å². The number of ether oxygens (including phenoxy) is 1. The lowest BCUT2D eigenvalue weighted by atomic mass is 10.3. The molecule has 0 radical (unpaired) electrons. The SMILES string of the molecule is CN(C)CCn1c(=O)[nH]c2ccc(Oc3ccccc3)cc21.Cl. The molecule has 0 spiro atoms. The molecule has 0 saturated heterocycles. The maximum atomic E-state index is 12.1. The van der Waals surface area contributed by atoms with Gasteiger partial charge in [-0.2, -0.15) is 0 Å². The van der Waals surface area contributed by atoms with Crippen LogP contribution in [0.15, 0.2) is 53.3 Å². The van der Waals surface area contributed by atoms with Crippen molar-refractivity contribution in [2.24, 2.45) is 0 Å². The highest BCUT2D eigenvalue weighted by Gasteiger charge is 2.08. The molecule has 1 heterocycles. The van der Waals surface area contributed by atoms with Crippen LogP contribution in [0.2, 0.25) is 0 Å². The van der Waals surface area contributed by atoms with E-state index in [4.69, 9.17) is 4.74 Å². The number of H-pyrrole nitrogens is 1. The summed E-state index contributed by atoms with van der Waals surface area (Å²) >= 11 is 0. The quantitative estimate of drug-likeness (QED) is 0.780. The molecule has 1 aromatic heterocycles. The number of halogens is 1. The lowest BCUT2D eigenvalue weighted by Gasteiger charge is -2.10. The molecule has 3 rings (SSSR count). The monoisotopic (exact) mass is 333 g/mol. The number of likely N-dealkylation sites (N-methyl/N-ethyl adjacent to an activating group) is 1. The molecule has 0 bridgehead atoms. The Morgan fingerprint density at radius 3 is 2.52 bits per heavy atom. The molecule has 0 aliphatic carbocycles. The minimum absolute atomic E-state index is 0. The Morgan fingerprint density at radius 2 is 1.83 bits per heavy atom. The Labute approximate surface area is 140 Å². The Morgan fingerprint density at radius 1 is 1.09 bits per heavy atom. The molecular weight excluding hydrogens is 314 g/mol. The van der Waals surface area contributed by atoms with Gasteiger partial charge in [-0.1, -0.05) is 18.2 Å². The van der Waals surface area contributed by atoms with Crippen LogP contribution < -0.4 is 10.4 Å². The van der Waals surface area contributed by atoms with Crippen molar-refractivity contribution >= 4 is 23.4 Å². The van der Waals surface area contributed by atoms with Crippen LogP contribution in [0.25, 0.3) is 11.0 Å². The third-order valence-electron chi connectivity index (χ3n) is 3.50. The molecule has 0 saturated carbocycles. The zero-order chi connectivity index (χ0) is 15.5. The zero-order valence-electron chi connectivity index (χ0n) is 13.2. The molecule has 2 aromatic carbocycles. The number of hydrogen-bond acceptors (Lipinski definition) is 3. The number of hydrogen-bond donors (Lipinski definition) is 1. The molecule has 1 N–H and O–H groups in total. The van der Waals surface area contributed by atoms with E-state index >= 15 is 0 Å². The number of nitrogens with one attached hydrogen (secondary N) is 1. The molecule has 6 heteroatoms. The second-order valence-electron chi connectivity index (χ2n) is 5.48. The minimum Gasteiger partial charge on any atom is -0.457 e. The number of benzene rings is 2. The molecule has 5 nitrogen and oxygen atoms in total. The van der Waals surface area contributed by atoms with Crippen LogP contribution in [-0.2, 0) is 6.54 Å². The average molecular weight is 334 g/mol. The summed E-state index contributed by atoms with van der Waals surface area (Å²) in [6.45, 7) is 1.44. The Kier molecular flexibility index (Phi) is 5.47. The van der Waals surface area contributed by atoms with Gasteiger partial charge >= 0.3 is 5.69 Å². The summed E-state index contributed by atoms with van der Waals surface area (Å²) in [5.41, 5.74) is 1.60. The van der Waals surface area contributed by atoms with E-state index in [-0.39, 0.29) is 18.1 Å². The highest BCUT2D eigenvalue weighted by molar-refractivity contribution is 5.85. The fourth-order valence-electron chi connectivity index (χ4n) is 2.34. The van der Waals surface area contributed by atoms with Gasteiger partial charge in [0.15, 0.2) is 0 Å². The summed E-state index contributed by atoms with van der Waals surface area (Å²) in [6.07, 6.45) is 0. The molecule has 0 aliphatic heterocycles. The van der Waals surface area contributed by atoms with Gasteiger partial charge in [0.1, 0.15) is 11.5 Å². The van der Waals surface area contributed by atoms with E-state index in [1.807, 2.05) is 62.6 Å². The van der Waals surface area contributed by atoms with Crippen LogP contribution >= 0.6 is 12.4 Å². The summed E-state index contributed by atoms with van der Waals surface area (Å²) in [5.74, 6) is 1.50. The molecule has 23 heavy (non-hydrogen) atoms. The third kappa shape index (κ3) is 3.94. The molecule has 122 valence electrons. The second kappa shape index (κ2) is 7.35. The van der Waals surface area contributed by atoms with Gasteiger partial charge in [0.05, 0.1) is 11.0 Å². The zero-order valence-corrected chi connectivity index (χ0v) is 14.0. The number of aromatic amines is 1. The summed E-state index contributed by atoms with van der Waals surface area (Å²) in [6, 6.07) is 15.2. The summed E-state index contributed by atoms with van der Waals surface area (Å²) in [4.78, 5) is 17.0. The fourth-order valence-corrected chi connectivity index (χ4v) is 2.34. The summed E-state index contributed by atoms with van der Waals surface area (Å²) < 4.78 is 7.58. The van der Waals surface area contributed by atoms with Crippen molar-refractivity contribution < 1.29 is 4.74 Å². The van der Waals surface area contributed by atoms with Gasteiger partial charge < -0.3 is 14.6 Å². The predicted molar refractivity (Wildman–Crippen MR) is 94.9 cm³/mol. The van der Waals surface area contributed by atoms with Crippen molar-refractivity contribution in [3.8, 4) is 11.5 Å². The molecule has 0 atom stereocenters. The molecule has 0 fully saturated rings. The van der Waals surface area contributed by atoms with Crippen molar-refractivity contribution in [3.63, 3.8) is 0 Å².